The fourth-order valence-electron chi connectivity index (χ4n) is 6.07. The van der Waals surface area contributed by atoms with E-state index in [-0.39, 0.29) is 16.2 Å². The molecule has 3 aromatic heterocycles. The van der Waals surface area contributed by atoms with Crippen LogP contribution in [0.5, 0.6) is 0 Å². The van der Waals surface area contributed by atoms with E-state index in [9.17, 15) is 0 Å². The molecule has 0 saturated carbocycles. The molecule has 0 radical (unpaired) electrons. The number of thiophene rings is 2. The van der Waals surface area contributed by atoms with Crippen LogP contribution in [0.25, 0.3) is 31.2 Å². The zero-order valence-corrected chi connectivity index (χ0v) is 27.9. The first-order valence-electron chi connectivity index (χ1n) is 14.3. The Balaban J connectivity index is 0.00000164. The van der Waals surface area contributed by atoms with Crippen molar-refractivity contribution in [1.29, 1.82) is 0 Å². The van der Waals surface area contributed by atoms with Crippen LogP contribution in [-0.2, 0) is 16.2 Å². The van der Waals surface area contributed by atoms with Gasteiger partial charge in [0.05, 0.1) is 11.7 Å². The molecule has 0 fully saturated rings. The highest BCUT2D eigenvalue weighted by molar-refractivity contribution is 7.24. The van der Waals surface area contributed by atoms with E-state index >= 15 is 0 Å². The van der Waals surface area contributed by atoms with Gasteiger partial charge in [0, 0.05) is 30.5 Å². The first kappa shape index (κ1) is 29.4. The van der Waals surface area contributed by atoms with Crippen molar-refractivity contribution in [2.75, 3.05) is 0 Å². The number of nitrogens with zero attached hydrogens (tertiary/aromatic N) is 2. The second-order valence-corrected chi connectivity index (χ2v) is 16.2. The number of benzene rings is 1. The van der Waals surface area contributed by atoms with E-state index in [0.717, 1.165) is 11.0 Å². The molecule has 1 aliphatic rings. The van der Waals surface area contributed by atoms with Gasteiger partial charge in [-0.25, -0.2) is 0 Å². The van der Waals surface area contributed by atoms with Gasteiger partial charge in [-0.2, -0.15) is 8.75 Å². The van der Waals surface area contributed by atoms with E-state index in [4.69, 9.17) is 8.75 Å². The van der Waals surface area contributed by atoms with Crippen molar-refractivity contribution < 1.29 is 0 Å². The Labute approximate surface area is 243 Å². The highest BCUT2D eigenvalue weighted by Gasteiger charge is 2.47. The van der Waals surface area contributed by atoms with E-state index in [0.29, 0.717) is 11.8 Å². The normalized spacial score (nSPS) is 14.7. The van der Waals surface area contributed by atoms with Gasteiger partial charge in [0.25, 0.3) is 0 Å². The quantitative estimate of drug-likeness (QED) is 0.240. The van der Waals surface area contributed by atoms with Crippen molar-refractivity contribution in [3.63, 3.8) is 0 Å². The molecule has 0 bridgehead atoms. The van der Waals surface area contributed by atoms with E-state index < -0.39 is 0 Å². The number of fused-ring (bicyclic) bond motifs is 4. The molecule has 2 nitrogen and oxygen atoms in total. The molecule has 0 saturated heterocycles. The molecule has 1 aromatic carbocycles. The van der Waals surface area contributed by atoms with E-state index in [1.165, 1.54) is 55.2 Å². The first-order valence-corrected chi connectivity index (χ1v) is 16.6. The summed E-state index contributed by atoms with van der Waals surface area (Å²) in [5.74, 6) is 1.26. The van der Waals surface area contributed by atoms with Gasteiger partial charge >= 0.3 is 0 Å². The second-order valence-electron chi connectivity index (χ2n) is 13.6. The minimum absolute atomic E-state index is 0.0443. The average Bonchev–Trinajstić information content (AvgIpc) is 3.57. The summed E-state index contributed by atoms with van der Waals surface area (Å²) < 4.78 is 9.55. The molecule has 0 spiro atoms. The van der Waals surface area contributed by atoms with Crippen molar-refractivity contribution in [2.24, 2.45) is 11.8 Å². The molecule has 0 atom stereocenters. The minimum Gasteiger partial charge on any atom is -0.173 e. The summed E-state index contributed by atoms with van der Waals surface area (Å²) >= 11 is 5.35. The van der Waals surface area contributed by atoms with Crippen molar-refractivity contribution in [3.8, 4) is 20.2 Å². The molecule has 0 N–H and O–H groups in total. The maximum atomic E-state index is 4.81. The third-order valence-corrected chi connectivity index (χ3v) is 10.9. The summed E-state index contributed by atoms with van der Waals surface area (Å²) in [5.41, 5.74) is 8.10. The van der Waals surface area contributed by atoms with Gasteiger partial charge in [0.15, 0.2) is 0 Å². The summed E-state index contributed by atoms with van der Waals surface area (Å²) in [6.07, 6.45) is 2.39. The Morgan fingerprint density at radius 2 is 1.29 bits per heavy atom. The van der Waals surface area contributed by atoms with Gasteiger partial charge in [-0.05, 0) is 64.3 Å². The summed E-state index contributed by atoms with van der Waals surface area (Å²) in [6.45, 7) is 27.4. The van der Waals surface area contributed by atoms with Gasteiger partial charge in [-0.3, -0.25) is 0 Å². The van der Waals surface area contributed by atoms with Gasteiger partial charge < -0.3 is 0 Å². The van der Waals surface area contributed by atoms with Crippen LogP contribution in [0, 0.1) is 11.8 Å². The molecular formula is C33H46N2S3. The molecule has 0 aliphatic heterocycles. The average molecular weight is 567 g/mol. The van der Waals surface area contributed by atoms with Crippen LogP contribution in [0.4, 0.5) is 0 Å². The van der Waals surface area contributed by atoms with Crippen molar-refractivity contribution >= 4 is 45.4 Å². The van der Waals surface area contributed by atoms with Gasteiger partial charge in [0.1, 0.15) is 11.0 Å². The zero-order chi connectivity index (χ0) is 28.2. The summed E-state index contributed by atoms with van der Waals surface area (Å²) in [4.78, 5) is 5.86. The fourth-order valence-corrected chi connectivity index (χ4v) is 9.40. The summed E-state index contributed by atoms with van der Waals surface area (Å²) in [7, 11) is 0. The Morgan fingerprint density at radius 1 is 0.737 bits per heavy atom. The number of hydrogen-bond donors (Lipinski definition) is 0. The van der Waals surface area contributed by atoms with Crippen LogP contribution < -0.4 is 0 Å². The van der Waals surface area contributed by atoms with Crippen LogP contribution in [0.15, 0.2) is 24.3 Å². The van der Waals surface area contributed by atoms with Crippen LogP contribution in [-0.4, -0.2) is 8.75 Å². The smallest absolute Gasteiger partial charge is 0.113 e. The molecule has 4 aromatic rings. The minimum atomic E-state index is 0.0443. The maximum Gasteiger partial charge on any atom is 0.113 e. The Kier molecular flexibility index (Phi) is 8.09. The van der Waals surface area contributed by atoms with Gasteiger partial charge in [-0.15, -0.1) is 22.7 Å². The van der Waals surface area contributed by atoms with Gasteiger partial charge in [-0.1, -0.05) is 95.2 Å². The van der Waals surface area contributed by atoms with Crippen LogP contribution in [0.3, 0.4) is 0 Å². The molecule has 3 heterocycles. The van der Waals surface area contributed by atoms with Gasteiger partial charge in [0.2, 0.25) is 0 Å². The van der Waals surface area contributed by atoms with Crippen molar-refractivity contribution in [1.82, 2.24) is 8.75 Å². The zero-order valence-electron chi connectivity index (χ0n) is 25.5. The lowest BCUT2D eigenvalue weighted by molar-refractivity contribution is 0.338. The van der Waals surface area contributed by atoms with Crippen molar-refractivity contribution in [3.05, 3.63) is 45.8 Å². The third-order valence-electron chi connectivity index (χ3n) is 7.44. The molecule has 0 unspecified atom stereocenters. The molecule has 206 valence electrons. The number of hydrogen-bond acceptors (Lipinski definition) is 5. The van der Waals surface area contributed by atoms with Crippen molar-refractivity contribution in [2.45, 2.75) is 112 Å². The summed E-state index contributed by atoms with van der Waals surface area (Å²) in [5, 5.41) is 0. The summed E-state index contributed by atoms with van der Waals surface area (Å²) in [6, 6.07) is 9.68. The Morgan fingerprint density at radius 3 is 1.84 bits per heavy atom. The first-order chi connectivity index (χ1) is 17.7. The molecule has 1 aliphatic carbocycles. The predicted molar refractivity (Wildman–Crippen MR) is 172 cm³/mol. The lowest BCUT2D eigenvalue weighted by Crippen LogP contribution is -2.29. The molecule has 5 heteroatoms. The van der Waals surface area contributed by atoms with Crippen LogP contribution in [0.2, 0.25) is 0 Å². The highest BCUT2D eigenvalue weighted by atomic mass is 32.1. The maximum absolute atomic E-state index is 4.81. The SMILES string of the molecule is CC.CC(C)CC1(CC(C)C)c2cc(-c3ccc(C(C)(C)C)c4nsnc34)sc2-c2sc(C(C)(C)C)cc21. The highest BCUT2D eigenvalue weighted by Crippen LogP contribution is 2.62. The number of aromatic nitrogens is 2. The van der Waals surface area contributed by atoms with Crippen LogP contribution in [0.1, 0.15) is 117 Å². The fraction of sp³-hybridized carbons (Fsp3) is 0.576. The standard InChI is InChI=1S/C31H40N2S3.C2H6/c1-17(2)15-31(16-18(3)4)21-13-23(34-27(21)28-22(31)14-24(35-28)30(8,9)10)19-11-12-20(29(5,6)7)26-25(19)32-36-33-26;1-2/h11-14,17-18H,15-16H2,1-10H3;1-2H3. The lowest BCUT2D eigenvalue weighted by Gasteiger charge is -2.34. The predicted octanol–water partition coefficient (Wildman–Crippen LogP) is 11.5. The Bertz CT molecular complexity index is 1410. The topological polar surface area (TPSA) is 25.8 Å². The third kappa shape index (κ3) is 5.04. The molecule has 38 heavy (non-hydrogen) atoms. The molecule has 0 amide bonds. The van der Waals surface area contributed by atoms with E-state index in [2.05, 4.69) is 93.5 Å². The second kappa shape index (κ2) is 10.4. The van der Waals surface area contributed by atoms with Crippen LogP contribution >= 0.6 is 34.4 Å². The lowest BCUT2D eigenvalue weighted by atomic mass is 9.68. The van der Waals surface area contributed by atoms with E-state index in [1.54, 1.807) is 11.1 Å². The Hall–Kier alpha value is -1.56. The molecular weight excluding hydrogens is 521 g/mol. The molecule has 5 rings (SSSR count). The number of rotatable bonds is 5. The van der Waals surface area contributed by atoms with E-state index in [1.807, 2.05) is 36.5 Å². The largest absolute Gasteiger partial charge is 0.173 e. The monoisotopic (exact) mass is 566 g/mol.